The zero-order chi connectivity index (χ0) is 26.2. The third-order valence-corrected chi connectivity index (χ3v) is 6.51. The first-order valence-electron chi connectivity index (χ1n) is 12.1. The number of benzene rings is 3. The molecule has 0 fully saturated rings. The third kappa shape index (κ3) is 6.98. The molecule has 9 heteroatoms. The summed E-state index contributed by atoms with van der Waals surface area (Å²) in [5.74, 6) is 1.92. The van der Waals surface area contributed by atoms with Crippen LogP contribution in [0.15, 0.2) is 83.9 Å². The minimum atomic E-state index is -2.18. The highest BCUT2D eigenvalue weighted by Crippen LogP contribution is 2.29. The maximum Gasteiger partial charge on any atom is 0.229 e. The van der Waals surface area contributed by atoms with E-state index >= 15 is 0 Å². The number of aromatic nitrogens is 2. The van der Waals surface area contributed by atoms with E-state index in [1.807, 2.05) is 51.4 Å². The van der Waals surface area contributed by atoms with Crippen molar-refractivity contribution in [2.24, 2.45) is 0 Å². The fourth-order valence-corrected chi connectivity index (χ4v) is 4.29. The monoisotopic (exact) mass is 516 g/mol. The second kappa shape index (κ2) is 12.2. The molecule has 8 nitrogen and oxygen atoms in total. The molecule has 4 rings (SSSR count). The molecule has 0 aliphatic heterocycles. The number of rotatable bonds is 11. The molecule has 0 aliphatic carbocycles. The summed E-state index contributed by atoms with van der Waals surface area (Å²) in [5, 5.41) is 6.65. The van der Waals surface area contributed by atoms with E-state index in [-0.39, 0.29) is 0 Å². The average molecular weight is 517 g/mol. The SMILES string of the molecule is CCOc1ccc(-c2cnc(Nc3cccc([SH](=N)=O)c3)nc2NCCc2ccc(N(C)C)cc2)cc1. The first-order valence-corrected chi connectivity index (χ1v) is 13.3. The van der Waals surface area contributed by atoms with Gasteiger partial charge in [0.1, 0.15) is 11.6 Å². The van der Waals surface area contributed by atoms with Crippen LogP contribution in [-0.4, -0.2) is 41.4 Å². The molecule has 192 valence electrons. The van der Waals surface area contributed by atoms with Crippen molar-refractivity contribution in [3.8, 4) is 16.9 Å². The fourth-order valence-electron chi connectivity index (χ4n) is 3.81. The number of hydrogen-bond acceptors (Lipinski definition) is 8. The van der Waals surface area contributed by atoms with Gasteiger partial charge in [-0.25, -0.2) is 9.19 Å². The number of ether oxygens (including phenoxy) is 1. The number of nitrogens with one attached hydrogen (secondary N) is 3. The van der Waals surface area contributed by atoms with E-state index in [0.29, 0.717) is 35.5 Å². The van der Waals surface area contributed by atoms with Gasteiger partial charge in [0.05, 0.1) is 17.2 Å². The summed E-state index contributed by atoms with van der Waals surface area (Å²) in [6.45, 7) is 3.26. The molecule has 1 aromatic heterocycles. The third-order valence-electron chi connectivity index (χ3n) is 5.76. The van der Waals surface area contributed by atoms with Gasteiger partial charge >= 0.3 is 0 Å². The molecule has 1 heterocycles. The van der Waals surface area contributed by atoms with Gasteiger partial charge in [0, 0.05) is 48.7 Å². The maximum absolute atomic E-state index is 11.6. The molecule has 0 radical (unpaired) electrons. The molecule has 0 saturated carbocycles. The minimum Gasteiger partial charge on any atom is -0.494 e. The summed E-state index contributed by atoms with van der Waals surface area (Å²) < 4.78 is 24.7. The van der Waals surface area contributed by atoms with Crippen LogP contribution in [0.4, 0.5) is 23.1 Å². The van der Waals surface area contributed by atoms with E-state index < -0.39 is 10.6 Å². The highest BCUT2D eigenvalue weighted by molar-refractivity contribution is 7.73. The van der Waals surface area contributed by atoms with Gasteiger partial charge < -0.3 is 20.3 Å². The van der Waals surface area contributed by atoms with E-state index in [4.69, 9.17) is 14.5 Å². The zero-order valence-electron chi connectivity index (χ0n) is 21.2. The van der Waals surface area contributed by atoms with Crippen molar-refractivity contribution >= 4 is 33.7 Å². The van der Waals surface area contributed by atoms with E-state index in [1.165, 1.54) is 11.3 Å². The molecular weight excluding hydrogens is 484 g/mol. The first kappa shape index (κ1) is 26.0. The molecule has 0 aliphatic rings. The summed E-state index contributed by atoms with van der Waals surface area (Å²) in [5.41, 5.74) is 4.92. The molecular formula is C28H32N6O2S. The Labute approximate surface area is 219 Å². The summed E-state index contributed by atoms with van der Waals surface area (Å²) in [4.78, 5) is 11.8. The number of thiol groups is 1. The van der Waals surface area contributed by atoms with Crippen molar-refractivity contribution in [3.63, 3.8) is 0 Å². The fraction of sp³-hybridized carbons (Fsp3) is 0.214. The van der Waals surface area contributed by atoms with E-state index in [2.05, 4.69) is 44.8 Å². The van der Waals surface area contributed by atoms with Crippen molar-refractivity contribution in [2.45, 2.75) is 18.2 Å². The molecule has 37 heavy (non-hydrogen) atoms. The standard InChI is InChI=1S/C28H32N6O2S/c1-4-36-24-14-10-21(11-15-24)26-19-31-28(32-22-6-5-7-25(18-22)37(29)35)33-27(26)30-17-16-20-8-12-23(13-9-20)34(2)3/h5-15,18-19,29,37H,4,16-17H2,1-3H3,(H2,30,31,32,33). The number of nitrogens with zero attached hydrogens (tertiary/aromatic N) is 3. The summed E-state index contributed by atoms with van der Waals surface area (Å²) in [6.07, 6.45) is 2.62. The lowest BCUT2D eigenvalue weighted by atomic mass is 10.1. The average Bonchev–Trinajstić information content (AvgIpc) is 2.90. The first-order chi connectivity index (χ1) is 17.9. The lowest BCUT2D eigenvalue weighted by molar-refractivity contribution is 0.340. The van der Waals surface area contributed by atoms with Gasteiger partial charge in [0.15, 0.2) is 0 Å². The molecule has 3 aromatic carbocycles. The molecule has 3 N–H and O–H groups in total. The smallest absolute Gasteiger partial charge is 0.229 e. The molecule has 0 spiro atoms. The Hall–Kier alpha value is -4.11. The highest BCUT2D eigenvalue weighted by atomic mass is 32.2. The lowest BCUT2D eigenvalue weighted by Gasteiger charge is -2.15. The van der Waals surface area contributed by atoms with E-state index in [1.54, 1.807) is 24.4 Å². The second-order valence-electron chi connectivity index (χ2n) is 8.62. The molecule has 1 atom stereocenters. The predicted octanol–water partition coefficient (Wildman–Crippen LogP) is 5.61. The lowest BCUT2D eigenvalue weighted by Crippen LogP contribution is -2.10. The Bertz CT molecular complexity index is 1400. The maximum atomic E-state index is 11.6. The van der Waals surface area contributed by atoms with Crippen LogP contribution in [0.5, 0.6) is 5.75 Å². The number of hydrogen-bond donors (Lipinski definition) is 4. The topological polar surface area (TPSA) is 103 Å². The van der Waals surface area contributed by atoms with Gasteiger partial charge in [-0.15, -0.1) is 0 Å². The molecule has 1 unspecified atom stereocenters. The quantitative estimate of drug-likeness (QED) is 0.192. The van der Waals surface area contributed by atoms with Crippen molar-refractivity contribution in [3.05, 3.63) is 84.6 Å². The van der Waals surface area contributed by atoms with Gasteiger partial charge in [0.25, 0.3) is 0 Å². The number of anilines is 4. The van der Waals surface area contributed by atoms with E-state index in [0.717, 1.165) is 23.3 Å². The van der Waals surface area contributed by atoms with E-state index in [9.17, 15) is 4.21 Å². The predicted molar refractivity (Wildman–Crippen MR) is 152 cm³/mol. The van der Waals surface area contributed by atoms with Crippen LogP contribution in [0.1, 0.15) is 12.5 Å². The van der Waals surface area contributed by atoms with Crippen molar-refractivity contribution in [2.75, 3.05) is 42.8 Å². The van der Waals surface area contributed by atoms with Crippen LogP contribution >= 0.6 is 0 Å². The molecule has 4 aromatic rings. The van der Waals surface area contributed by atoms with Crippen LogP contribution in [0.25, 0.3) is 11.1 Å². The van der Waals surface area contributed by atoms with Crippen molar-refractivity contribution in [1.82, 2.24) is 9.97 Å². The Balaban J connectivity index is 1.57. The van der Waals surface area contributed by atoms with Crippen LogP contribution in [-0.2, 0) is 17.0 Å². The van der Waals surface area contributed by atoms with Gasteiger partial charge in [-0.2, -0.15) is 4.98 Å². The Kier molecular flexibility index (Phi) is 8.58. The van der Waals surface area contributed by atoms with Gasteiger partial charge in [0.2, 0.25) is 5.95 Å². The normalized spacial score (nSPS) is 11.5. The van der Waals surface area contributed by atoms with Crippen LogP contribution in [0, 0.1) is 4.78 Å². The summed E-state index contributed by atoms with van der Waals surface area (Å²) in [7, 11) is 1.89. The Morgan fingerprint density at radius 1 is 1.03 bits per heavy atom. The van der Waals surface area contributed by atoms with Crippen LogP contribution in [0.3, 0.4) is 0 Å². The van der Waals surface area contributed by atoms with Gasteiger partial charge in [-0.3, -0.25) is 4.78 Å². The zero-order valence-corrected chi connectivity index (χ0v) is 22.1. The van der Waals surface area contributed by atoms with Crippen molar-refractivity contribution in [1.29, 1.82) is 4.78 Å². The second-order valence-corrected chi connectivity index (χ2v) is 9.73. The Morgan fingerprint density at radius 3 is 2.46 bits per heavy atom. The van der Waals surface area contributed by atoms with Crippen LogP contribution < -0.4 is 20.3 Å². The Morgan fingerprint density at radius 2 is 1.78 bits per heavy atom. The van der Waals surface area contributed by atoms with Crippen LogP contribution in [0.2, 0.25) is 0 Å². The largest absolute Gasteiger partial charge is 0.494 e. The molecule has 0 bridgehead atoms. The molecule has 0 saturated heterocycles. The highest BCUT2D eigenvalue weighted by Gasteiger charge is 2.11. The summed E-state index contributed by atoms with van der Waals surface area (Å²) in [6, 6.07) is 23.3. The minimum absolute atomic E-state index is 0.407. The van der Waals surface area contributed by atoms with Crippen molar-refractivity contribution < 1.29 is 8.95 Å². The molecule has 0 amide bonds. The van der Waals surface area contributed by atoms with Gasteiger partial charge in [-0.05, 0) is 66.9 Å². The van der Waals surface area contributed by atoms with Gasteiger partial charge in [-0.1, -0.05) is 30.3 Å². The summed E-state index contributed by atoms with van der Waals surface area (Å²) >= 11 is 0.